The van der Waals surface area contributed by atoms with E-state index in [2.05, 4.69) is 37.5 Å². The fourth-order valence-corrected chi connectivity index (χ4v) is 3.10. The highest BCUT2D eigenvalue weighted by Gasteiger charge is 2.32. The van der Waals surface area contributed by atoms with E-state index in [-0.39, 0.29) is 5.41 Å². The standard InChI is InChI=1S/C17H15NO/c1-10-9-12-16-14(7-8-18-12)19-13-6-4-5-11(15(13)16)17(10,2)3/h4-8H,1,9H2,2-3H3. The third-order valence-corrected chi connectivity index (χ3v) is 4.43. The zero-order valence-electron chi connectivity index (χ0n) is 11.2. The van der Waals surface area contributed by atoms with Crippen molar-refractivity contribution in [3.05, 3.63) is 53.9 Å². The molecule has 1 aromatic carbocycles. The Labute approximate surface area is 111 Å². The molecular formula is C17H15NO. The van der Waals surface area contributed by atoms with Crippen LogP contribution in [0.5, 0.6) is 0 Å². The Morgan fingerprint density at radius 1 is 1.16 bits per heavy atom. The molecule has 0 saturated carbocycles. The van der Waals surface area contributed by atoms with Crippen LogP contribution in [0.15, 0.2) is 47.0 Å². The SMILES string of the molecule is C=C1Cc2nccc3oc4cccc(c4c23)C1(C)C. The molecule has 0 bridgehead atoms. The Morgan fingerprint density at radius 2 is 1.95 bits per heavy atom. The van der Waals surface area contributed by atoms with Gasteiger partial charge in [0.1, 0.15) is 11.2 Å². The molecule has 0 radical (unpaired) electrons. The molecule has 0 unspecified atom stereocenters. The van der Waals surface area contributed by atoms with E-state index < -0.39 is 0 Å². The Balaban J connectivity index is 2.32. The normalized spacial score (nSPS) is 17.3. The van der Waals surface area contributed by atoms with Gasteiger partial charge in [-0.3, -0.25) is 4.98 Å². The average molecular weight is 249 g/mol. The number of allylic oxidation sites excluding steroid dienone is 1. The molecule has 94 valence electrons. The monoisotopic (exact) mass is 249 g/mol. The van der Waals surface area contributed by atoms with Crippen LogP contribution in [0.1, 0.15) is 25.1 Å². The second-order valence-electron chi connectivity index (χ2n) is 5.82. The lowest BCUT2D eigenvalue weighted by Crippen LogP contribution is -2.20. The molecule has 2 aromatic heterocycles. The van der Waals surface area contributed by atoms with Crippen LogP contribution in [0.4, 0.5) is 0 Å². The van der Waals surface area contributed by atoms with Gasteiger partial charge in [0.2, 0.25) is 0 Å². The second kappa shape index (κ2) is 3.27. The van der Waals surface area contributed by atoms with Gasteiger partial charge in [0.05, 0.1) is 11.1 Å². The molecule has 3 aromatic rings. The predicted octanol–water partition coefficient (Wildman–Crippen LogP) is 4.37. The van der Waals surface area contributed by atoms with Crippen molar-refractivity contribution in [3.63, 3.8) is 0 Å². The molecule has 2 nitrogen and oxygen atoms in total. The summed E-state index contributed by atoms with van der Waals surface area (Å²) in [5.74, 6) is 0. The van der Waals surface area contributed by atoms with E-state index in [0.717, 1.165) is 23.3 Å². The summed E-state index contributed by atoms with van der Waals surface area (Å²) in [5, 5.41) is 2.38. The van der Waals surface area contributed by atoms with Gasteiger partial charge in [-0.25, -0.2) is 0 Å². The average Bonchev–Trinajstić information content (AvgIpc) is 2.73. The Kier molecular flexibility index (Phi) is 1.86. The molecule has 0 spiro atoms. The number of benzene rings is 1. The highest BCUT2D eigenvalue weighted by molar-refractivity contribution is 6.09. The van der Waals surface area contributed by atoms with E-state index >= 15 is 0 Å². The van der Waals surface area contributed by atoms with Crippen molar-refractivity contribution in [3.8, 4) is 0 Å². The summed E-state index contributed by atoms with van der Waals surface area (Å²) in [6, 6.07) is 8.23. The molecule has 0 aliphatic heterocycles. The zero-order valence-corrected chi connectivity index (χ0v) is 11.2. The predicted molar refractivity (Wildman–Crippen MR) is 77.4 cm³/mol. The Morgan fingerprint density at radius 3 is 2.79 bits per heavy atom. The molecule has 4 rings (SSSR count). The minimum atomic E-state index is -0.0585. The van der Waals surface area contributed by atoms with Crippen LogP contribution in [0, 0.1) is 0 Å². The topological polar surface area (TPSA) is 26.0 Å². The van der Waals surface area contributed by atoms with Gasteiger partial charge in [-0.2, -0.15) is 0 Å². The fraction of sp³-hybridized carbons (Fsp3) is 0.235. The van der Waals surface area contributed by atoms with Crippen LogP contribution < -0.4 is 0 Å². The van der Waals surface area contributed by atoms with Gasteiger partial charge in [-0.15, -0.1) is 0 Å². The van der Waals surface area contributed by atoms with E-state index in [9.17, 15) is 0 Å². The van der Waals surface area contributed by atoms with Crippen LogP contribution in [0.3, 0.4) is 0 Å². The number of nitrogens with zero attached hydrogens (tertiary/aromatic N) is 1. The maximum absolute atomic E-state index is 5.97. The van der Waals surface area contributed by atoms with Gasteiger partial charge in [-0.1, -0.05) is 38.1 Å². The van der Waals surface area contributed by atoms with E-state index in [1.54, 1.807) is 0 Å². The first kappa shape index (κ1) is 10.8. The zero-order chi connectivity index (χ0) is 13.2. The highest BCUT2D eigenvalue weighted by Crippen LogP contribution is 2.44. The van der Waals surface area contributed by atoms with Crippen LogP contribution in [-0.4, -0.2) is 4.98 Å². The number of hydrogen-bond acceptors (Lipinski definition) is 2. The molecule has 0 atom stereocenters. The summed E-state index contributed by atoms with van der Waals surface area (Å²) in [5.41, 5.74) is 5.40. The first-order valence-corrected chi connectivity index (χ1v) is 6.57. The van der Waals surface area contributed by atoms with Gasteiger partial charge in [0.15, 0.2) is 0 Å². The molecule has 1 aliphatic carbocycles. The molecule has 1 aliphatic rings. The van der Waals surface area contributed by atoms with Crippen LogP contribution in [0.25, 0.3) is 21.9 Å². The lowest BCUT2D eigenvalue weighted by molar-refractivity contribution is 0.612. The van der Waals surface area contributed by atoms with Gasteiger partial charge in [0.25, 0.3) is 0 Å². The van der Waals surface area contributed by atoms with E-state index in [0.29, 0.717) is 0 Å². The summed E-state index contributed by atoms with van der Waals surface area (Å²) in [7, 11) is 0. The van der Waals surface area contributed by atoms with Gasteiger partial charge >= 0.3 is 0 Å². The molecule has 2 heteroatoms. The maximum Gasteiger partial charge on any atom is 0.138 e. The molecule has 0 saturated heterocycles. The largest absolute Gasteiger partial charge is 0.456 e. The molecule has 19 heavy (non-hydrogen) atoms. The van der Waals surface area contributed by atoms with E-state index in [4.69, 9.17) is 4.42 Å². The first-order valence-electron chi connectivity index (χ1n) is 6.57. The summed E-state index contributed by atoms with van der Waals surface area (Å²) in [6.45, 7) is 8.75. The number of hydrogen-bond donors (Lipinski definition) is 0. The van der Waals surface area contributed by atoms with Gasteiger partial charge in [-0.05, 0) is 17.7 Å². The highest BCUT2D eigenvalue weighted by atomic mass is 16.3. The van der Waals surface area contributed by atoms with Crippen molar-refractivity contribution in [2.24, 2.45) is 0 Å². The molecule has 0 amide bonds. The molecular weight excluding hydrogens is 234 g/mol. The fourth-order valence-electron chi connectivity index (χ4n) is 3.10. The van der Waals surface area contributed by atoms with Crippen molar-refractivity contribution < 1.29 is 4.42 Å². The van der Waals surface area contributed by atoms with Gasteiger partial charge in [0, 0.05) is 23.4 Å². The summed E-state index contributed by atoms with van der Waals surface area (Å²) in [4.78, 5) is 4.55. The third-order valence-electron chi connectivity index (χ3n) is 4.43. The number of furan rings is 1. The van der Waals surface area contributed by atoms with E-state index in [1.807, 2.05) is 18.3 Å². The summed E-state index contributed by atoms with van der Waals surface area (Å²) < 4.78 is 5.97. The van der Waals surface area contributed by atoms with Crippen LogP contribution in [-0.2, 0) is 11.8 Å². The van der Waals surface area contributed by atoms with E-state index in [1.165, 1.54) is 21.9 Å². The Hall–Kier alpha value is -2.09. The van der Waals surface area contributed by atoms with Crippen molar-refractivity contribution in [1.29, 1.82) is 0 Å². The summed E-state index contributed by atoms with van der Waals surface area (Å²) in [6.07, 6.45) is 2.64. The lowest BCUT2D eigenvalue weighted by Gasteiger charge is -2.27. The first-order chi connectivity index (χ1) is 9.09. The molecule has 2 heterocycles. The number of pyridine rings is 1. The minimum Gasteiger partial charge on any atom is -0.456 e. The quantitative estimate of drug-likeness (QED) is 0.553. The van der Waals surface area contributed by atoms with Crippen LogP contribution in [0.2, 0.25) is 0 Å². The van der Waals surface area contributed by atoms with Crippen molar-refractivity contribution >= 4 is 21.9 Å². The smallest absolute Gasteiger partial charge is 0.138 e. The number of rotatable bonds is 0. The van der Waals surface area contributed by atoms with Crippen molar-refractivity contribution in [1.82, 2.24) is 4.98 Å². The van der Waals surface area contributed by atoms with Gasteiger partial charge < -0.3 is 4.42 Å². The Bertz CT molecular complexity index is 839. The third kappa shape index (κ3) is 1.24. The summed E-state index contributed by atoms with van der Waals surface area (Å²) >= 11 is 0. The molecule has 0 N–H and O–H groups in total. The van der Waals surface area contributed by atoms with Crippen molar-refractivity contribution in [2.75, 3.05) is 0 Å². The maximum atomic E-state index is 5.97. The van der Waals surface area contributed by atoms with Crippen molar-refractivity contribution in [2.45, 2.75) is 25.7 Å². The lowest BCUT2D eigenvalue weighted by atomic mass is 9.77. The number of aromatic nitrogens is 1. The second-order valence-corrected chi connectivity index (χ2v) is 5.82. The minimum absolute atomic E-state index is 0.0585. The molecule has 0 fully saturated rings. The van der Waals surface area contributed by atoms with Crippen LogP contribution >= 0.6 is 0 Å².